The maximum Gasteiger partial charge on any atom is 0.285 e. The molecule has 1 aromatic heterocycles. The molecule has 2 aliphatic rings. The van der Waals surface area contributed by atoms with Gasteiger partial charge in [0.15, 0.2) is 5.84 Å². The number of amidine groups is 1. The summed E-state index contributed by atoms with van der Waals surface area (Å²) < 4.78 is 28.2. The maximum absolute atomic E-state index is 13.1. The third-order valence-corrected chi connectivity index (χ3v) is 7.72. The van der Waals surface area contributed by atoms with Crippen LogP contribution in [0.2, 0.25) is 0 Å². The SMILES string of the molecule is O=C(c1ccc(NC2=NS(=O)(=O)c3ccccc32)cc1)N1CCCC1c1cccs1. The van der Waals surface area contributed by atoms with Gasteiger partial charge in [0.25, 0.3) is 15.9 Å². The summed E-state index contributed by atoms with van der Waals surface area (Å²) in [5.41, 5.74) is 1.84. The quantitative estimate of drug-likeness (QED) is 0.663. The van der Waals surface area contributed by atoms with Crippen LogP contribution in [-0.4, -0.2) is 31.6 Å². The van der Waals surface area contributed by atoms with Gasteiger partial charge in [-0.3, -0.25) is 4.79 Å². The molecule has 0 aliphatic carbocycles. The normalized spacial score (nSPS) is 19.4. The zero-order valence-corrected chi connectivity index (χ0v) is 17.6. The van der Waals surface area contributed by atoms with Gasteiger partial charge in [-0.05, 0) is 60.7 Å². The summed E-state index contributed by atoms with van der Waals surface area (Å²) in [5, 5.41) is 5.11. The number of likely N-dealkylation sites (tertiary alicyclic amines) is 1. The fourth-order valence-corrected chi connectivity index (χ4v) is 6.03. The zero-order chi connectivity index (χ0) is 20.7. The largest absolute Gasteiger partial charge is 0.339 e. The van der Waals surface area contributed by atoms with Gasteiger partial charge in [0, 0.05) is 28.2 Å². The van der Waals surface area contributed by atoms with E-state index in [2.05, 4.69) is 15.8 Å². The summed E-state index contributed by atoms with van der Waals surface area (Å²) in [7, 11) is -3.67. The molecule has 1 saturated heterocycles. The van der Waals surface area contributed by atoms with Crippen LogP contribution in [0.3, 0.4) is 0 Å². The summed E-state index contributed by atoms with van der Waals surface area (Å²) in [6, 6.07) is 18.1. The van der Waals surface area contributed by atoms with Crippen molar-refractivity contribution in [1.29, 1.82) is 0 Å². The molecule has 0 saturated carbocycles. The number of nitrogens with zero attached hydrogens (tertiary/aromatic N) is 2. The number of anilines is 1. The number of benzene rings is 2. The first-order valence-electron chi connectivity index (χ1n) is 9.69. The third-order valence-electron chi connectivity index (χ3n) is 5.41. The van der Waals surface area contributed by atoms with Crippen LogP contribution in [0.25, 0.3) is 0 Å². The fourth-order valence-electron chi connectivity index (χ4n) is 3.98. The highest BCUT2D eigenvalue weighted by molar-refractivity contribution is 7.90. The van der Waals surface area contributed by atoms with Crippen LogP contribution >= 0.6 is 11.3 Å². The van der Waals surface area contributed by atoms with Crippen molar-refractivity contribution in [2.24, 2.45) is 4.40 Å². The second kappa shape index (κ2) is 7.37. The van der Waals surface area contributed by atoms with Gasteiger partial charge in [0.1, 0.15) is 4.90 Å². The Bertz CT molecular complexity index is 1230. The first kappa shape index (κ1) is 19.0. The molecule has 2 aliphatic heterocycles. The molecule has 1 atom stereocenters. The van der Waals surface area contributed by atoms with E-state index in [0.717, 1.165) is 19.4 Å². The number of hydrogen-bond donors (Lipinski definition) is 1. The smallest absolute Gasteiger partial charge is 0.285 e. The van der Waals surface area contributed by atoms with E-state index in [0.29, 0.717) is 22.6 Å². The van der Waals surface area contributed by atoms with E-state index < -0.39 is 10.0 Å². The molecule has 5 rings (SSSR count). The van der Waals surface area contributed by atoms with Crippen LogP contribution in [0.15, 0.2) is 75.3 Å². The van der Waals surface area contributed by atoms with Gasteiger partial charge >= 0.3 is 0 Å². The maximum atomic E-state index is 13.1. The Morgan fingerprint density at radius 1 is 1.07 bits per heavy atom. The standard InChI is InChI=1S/C22H19N3O3S2/c26-22(25-13-3-6-18(25)19-7-4-14-29-19)15-9-11-16(12-10-15)23-21-17-5-1-2-8-20(17)30(27,28)24-21/h1-2,4-5,7-12,14,18H,3,6,13H2,(H,23,24). The average molecular weight is 438 g/mol. The number of rotatable bonds is 3. The lowest BCUT2D eigenvalue weighted by atomic mass is 10.1. The van der Waals surface area contributed by atoms with Crippen LogP contribution < -0.4 is 5.32 Å². The van der Waals surface area contributed by atoms with Crippen LogP contribution in [0.4, 0.5) is 5.69 Å². The number of thiophene rings is 1. The Morgan fingerprint density at radius 3 is 2.63 bits per heavy atom. The molecule has 0 radical (unpaired) electrons. The number of amides is 1. The first-order valence-corrected chi connectivity index (χ1v) is 12.0. The van der Waals surface area contributed by atoms with E-state index in [1.54, 1.807) is 59.9 Å². The van der Waals surface area contributed by atoms with E-state index in [1.165, 1.54) is 4.88 Å². The summed E-state index contributed by atoms with van der Waals surface area (Å²) >= 11 is 1.68. The summed E-state index contributed by atoms with van der Waals surface area (Å²) in [6.07, 6.45) is 1.99. The topological polar surface area (TPSA) is 78.8 Å². The van der Waals surface area contributed by atoms with E-state index in [4.69, 9.17) is 0 Å². The number of sulfonamides is 1. The van der Waals surface area contributed by atoms with Crippen molar-refractivity contribution in [1.82, 2.24) is 4.90 Å². The van der Waals surface area contributed by atoms with Crippen molar-refractivity contribution in [3.8, 4) is 0 Å². The van der Waals surface area contributed by atoms with Crippen molar-refractivity contribution in [2.75, 3.05) is 11.9 Å². The molecule has 1 amide bonds. The summed E-state index contributed by atoms with van der Waals surface area (Å²) in [5.74, 6) is 0.311. The second-order valence-electron chi connectivity index (χ2n) is 7.29. The zero-order valence-electron chi connectivity index (χ0n) is 16.0. The molecule has 2 aromatic carbocycles. The van der Waals surface area contributed by atoms with Crippen molar-refractivity contribution in [2.45, 2.75) is 23.8 Å². The molecule has 152 valence electrons. The molecule has 3 heterocycles. The molecule has 6 nitrogen and oxygen atoms in total. The third kappa shape index (κ3) is 3.32. The Morgan fingerprint density at radius 2 is 1.87 bits per heavy atom. The van der Waals surface area contributed by atoms with E-state index >= 15 is 0 Å². The van der Waals surface area contributed by atoms with Gasteiger partial charge in [-0.25, -0.2) is 0 Å². The Hall–Kier alpha value is -2.97. The number of carbonyl (C=O) groups excluding carboxylic acids is 1. The van der Waals surface area contributed by atoms with Gasteiger partial charge in [-0.2, -0.15) is 8.42 Å². The van der Waals surface area contributed by atoms with Gasteiger partial charge in [-0.15, -0.1) is 15.7 Å². The minimum Gasteiger partial charge on any atom is -0.339 e. The van der Waals surface area contributed by atoms with E-state index in [1.807, 2.05) is 16.3 Å². The Labute approximate surface area is 178 Å². The predicted molar refractivity (Wildman–Crippen MR) is 118 cm³/mol. The highest BCUT2D eigenvalue weighted by Crippen LogP contribution is 2.35. The van der Waals surface area contributed by atoms with Crippen molar-refractivity contribution in [3.63, 3.8) is 0 Å². The van der Waals surface area contributed by atoms with E-state index in [-0.39, 0.29) is 16.8 Å². The van der Waals surface area contributed by atoms with Gasteiger partial charge in [-0.1, -0.05) is 18.2 Å². The van der Waals surface area contributed by atoms with Gasteiger partial charge in [0.05, 0.1) is 6.04 Å². The fraction of sp³-hybridized carbons (Fsp3) is 0.182. The number of carbonyl (C=O) groups is 1. The number of fused-ring (bicyclic) bond motifs is 1. The van der Waals surface area contributed by atoms with Crippen molar-refractivity contribution < 1.29 is 13.2 Å². The average Bonchev–Trinajstić information content (AvgIpc) is 3.48. The van der Waals surface area contributed by atoms with Crippen molar-refractivity contribution in [3.05, 3.63) is 82.0 Å². The number of hydrogen-bond acceptors (Lipinski definition) is 5. The predicted octanol–water partition coefficient (Wildman–Crippen LogP) is 4.29. The lowest BCUT2D eigenvalue weighted by molar-refractivity contribution is 0.0738. The lowest BCUT2D eigenvalue weighted by Gasteiger charge is -2.24. The van der Waals surface area contributed by atoms with E-state index in [9.17, 15) is 13.2 Å². The molecular formula is C22H19N3O3S2. The van der Waals surface area contributed by atoms with Crippen molar-refractivity contribution >= 4 is 38.8 Å². The number of nitrogens with one attached hydrogen (secondary N) is 1. The molecule has 30 heavy (non-hydrogen) atoms. The minimum absolute atomic E-state index is 0.0172. The highest BCUT2D eigenvalue weighted by atomic mass is 32.2. The second-order valence-corrected chi connectivity index (χ2v) is 9.84. The van der Waals surface area contributed by atoms with Crippen LogP contribution in [-0.2, 0) is 10.0 Å². The molecular weight excluding hydrogens is 418 g/mol. The van der Waals surface area contributed by atoms with Crippen LogP contribution in [0.1, 0.15) is 39.7 Å². The summed E-state index contributed by atoms with van der Waals surface area (Å²) in [4.78, 5) is 16.4. The molecule has 0 spiro atoms. The molecule has 1 unspecified atom stereocenters. The van der Waals surface area contributed by atoms with Crippen LogP contribution in [0, 0.1) is 0 Å². The first-order chi connectivity index (χ1) is 14.5. The molecule has 1 fully saturated rings. The Kier molecular flexibility index (Phi) is 4.67. The van der Waals surface area contributed by atoms with Gasteiger partial charge in [0.2, 0.25) is 0 Å². The molecule has 0 bridgehead atoms. The van der Waals surface area contributed by atoms with Gasteiger partial charge < -0.3 is 10.2 Å². The highest BCUT2D eigenvalue weighted by Gasteiger charge is 2.31. The lowest BCUT2D eigenvalue weighted by Crippen LogP contribution is -2.30. The Balaban J connectivity index is 1.35. The molecule has 3 aromatic rings. The minimum atomic E-state index is -3.67. The molecule has 1 N–H and O–H groups in total. The molecule has 8 heteroatoms. The monoisotopic (exact) mass is 437 g/mol. The van der Waals surface area contributed by atoms with Crippen LogP contribution in [0.5, 0.6) is 0 Å². The summed E-state index contributed by atoms with van der Waals surface area (Å²) in [6.45, 7) is 0.757.